The van der Waals surface area contributed by atoms with Gasteiger partial charge in [-0.25, -0.2) is 4.79 Å². The zero-order chi connectivity index (χ0) is 22.2. The second kappa shape index (κ2) is 8.52. The number of nitrogens with zero attached hydrogens (tertiary/aromatic N) is 1. The van der Waals surface area contributed by atoms with Crippen LogP contribution in [0.4, 0.5) is 4.79 Å². The van der Waals surface area contributed by atoms with Crippen molar-refractivity contribution in [2.75, 3.05) is 13.1 Å². The van der Waals surface area contributed by atoms with E-state index in [-0.39, 0.29) is 30.5 Å². The van der Waals surface area contributed by atoms with Crippen molar-refractivity contribution in [3.63, 3.8) is 0 Å². The maximum absolute atomic E-state index is 12.0. The van der Waals surface area contributed by atoms with E-state index in [2.05, 4.69) is 62.2 Å². The standard InChI is InChI=1S/C23H37BN2O4/c1-21(2,3)28-20(27)25-19-12-14-26(15-13-19)16-17-8-10-18(11-9-17)24-29-22(4,5)23(6,7)30-24/h8-11,19H,12-16H2,1-7H3,(H,25,27). The van der Waals surface area contributed by atoms with Gasteiger partial charge in [-0.15, -0.1) is 0 Å². The van der Waals surface area contributed by atoms with Crippen molar-refractivity contribution in [2.24, 2.45) is 0 Å². The van der Waals surface area contributed by atoms with E-state index in [0.29, 0.717) is 0 Å². The number of benzene rings is 1. The maximum atomic E-state index is 12.0. The van der Waals surface area contributed by atoms with Gasteiger partial charge >= 0.3 is 13.2 Å². The van der Waals surface area contributed by atoms with Gasteiger partial charge in [-0.1, -0.05) is 24.3 Å². The van der Waals surface area contributed by atoms with Gasteiger partial charge < -0.3 is 19.4 Å². The minimum absolute atomic E-state index is 0.182. The number of hydrogen-bond donors (Lipinski definition) is 1. The molecule has 1 aromatic rings. The van der Waals surface area contributed by atoms with E-state index < -0.39 is 5.60 Å². The minimum Gasteiger partial charge on any atom is -0.444 e. The fourth-order valence-corrected chi connectivity index (χ4v) is 3.73. The largest absolute Gasteiger partial charge is 0.494 e. The van der Waals surface area contributed by atoms with E-state index in [1.165, 1.54) is 5.56 Å². The molecule has 3 rings (SSSR count). The molecule has 2 aliphatic rings. The van der Waals surface area contributed by atoms with Crippen LogP contribution in [0.5, 0.6) is 0 Å². The van der Waals surface area contributed by atoms with Crippen LogP contribution in [0.1, 0.15) is 66.9 Å². The topological polar surface area (TPSA) is 60.0 Å². The van der Waals surface area contributed by atoms with Crippen LogP contribution in [-0.4, -0.2) is 54.0 Å². The summed E-state index contributed by atoms with van der Waals surface area (Å²) in [7, 11) is -0.321. The molecule has 1 amide bonds. The first-order valence-corrected chi connectivity index (χ1v) is 11.0. The Balaban J connectivity index is 1.47. The van der Waals surface area contributed by atoms with Crippen molar-refractivity contribution >= 4 is 18.7 Å². The number of alkyl carbamates (subject to hydrolysis) is 1. The van der Waals surface area contributed by atoms with Gasteiger partial charge in [0.2, 0.25) is 0 Å². The summed E-state index contributed by atoms with van der Waals surface area (Å²) in [5, 5.41) is 3.00. The molecule has 0 aliphatic carbocycles. The molecular formula is C23H37BN2O4. The SMILES string of the molecule is CC(C)(C)OC(=O)NC1CCN(Cc2ccc(B3OC(C)(C)C(C)(C)O3)cc2)CC1. The Morgan fingerprint density at radius 2 is 1.63 bits per heavy atom. The third-order valence-electron chi connectivity index (χ3n) is 6.22. The number of piperidine rings is 1. The quantitative estimate of drug-likeness (QED) is 0.762. The molecule has 0 saturated carbocycles. The van der Waals surface area contributed by atoms with Gasteiger partial charge in [0, 0.05) is 25.7 Å². The van der Waals surface area contributed by atoms with E-state index in [1.807, 2.05) is 20.8 Å². The molecule has 0 aromatic heterocycles. The Kier molecular flexibility index (Phi) is 6.56. The van der Waals surface area contributed by atoms with Crippen LogP contribution in [0.15, 0.2) is 24.3 Å². The van der Waals surface area contributed by atoms with Crippen LogP contribution in [0.25, 0.3) is 0 Å². The molecule has 0 bridgehead atoms. The number of likely N-dealkylation sites (tertiary alicyclic amines) is 1. The van der Waals surface area contributed by atoms with Gasteiger partial charge in [-0.2, -0.15) is 0 Å². The Bertz CT molecular complexity index is 719. The molecule has 2 aliphatic heterocycles. The average molecular weight is 416 g/mol. The highest BCUT2D eigenvalue weighted by molar-refractivity contribution is 6.62. The van der Waals surface area contributed by atoms with Crippen LogP contribution in [0, 0.1) is 0 Å². The van der Waals surface area contributed by atoms with Crippen molar-refractivity contribution in [1.29, 1.82) is 0 Å². The summed E-state index contributed by atoms with van der Waals surface area (Å²) >= 11 is 0. The van der Waals surface area contributed by atoms with E-state index in [1.54, 1.807) is 0 Å². The van der Waals surface area contributed by atoms with Gasteiger partial charge in [0.05, 0.1) is 11.2 Å². The molecule has 0 atom stereocenters. The number of hydrogen-bond acceptors (Lipinski definition) is 5. The molecule has 0 spiro atoms. The number of carbonyl (C=O) groups excluding carboxylic acids is 1. The second-order valence-corrected chi connectivity index (χ2v) is 10.5. The van der Waals surface area contributed by atoms with Crippen molar-refractivity contribution in [1.82, 2.24) is 10.2 Å². The summed E-state index contributed by atoms with van der Waals surface area (Å²) in [5.41, 5.74) is 1.21. The summed E-state index contributed by atoms with van der Waals surface area (Å²) in [5.74, 6) is 0. The number of rotatable bonds is 4. The lowest BCUT2D eigenvalue weighted by molar-refractivity contribution is 0.00578. The van der Waals surface area contributed by atoms with Crippen molar-refractivity contribution < 1.29 is 18.8 Å². The maximum Gasteiger partial charge on any atom is 0.494 e. The molecule has 2 fully saturated rings. The molecule has 0 radical (unpaired) electrons. The van der Waals surface area contributed by atoms with Crippen LogP contribution >= 0.6 is 0 Å². The molecule has 1 aromatic carbocycles. The van der Waals surface area contributed by atoms with Crippen LogP contribution < -0.4 is 10.8 Å². The minimum atomic E-state index is -0.461. The van der Waals surface area contributed by atoms with Crippen LogP contribution in [-0.2, 0) is 20.6 Å². The van der Waals surface area contributed by atoms with Crippen molar-refractivity contribution in [3.05, 3.63) is 29.8 Å². The van der Waals surface area contributed by atoms with Crippen LogP contribution in [0.3, 0.4) is 0 Å². The summed E-state index contributed by atoms with van der Waals surface area (Å²) in [6.45, 7) is 16.8. The van der Waals surface area contributed by atoms with E-state index in [9.17, 15) is 4.79 Å². The number of amides is 1. The molecule has 2 saturated heterocycles. The predicted molar refractivity (Wildman–Crippen MR) is 120 cm³/mol. The summed E-state index contributed by atoms with van der Waals surface area (Å²) in [4.78, 5) is 14.4. The zero-order valence-electron chi connectivity index (χ0n) is 19.6. The van der Waals surface area contributed by atoms with Gasteiger partial charge in [-0.3, -0.25) is 4.90 Å². The first-order valence-electron chi connectivity index (χ1n) is 11.0. The smallest absolute Gasteiger partial charge is 0.444 e. The fourth-order valence-electron chi connectivity index (χ4n) is 3.73. The number of carbonyl (C=O) groups is 1. The van der Waals surface area contributed by atoms with E-state index in [0.717, 1.165) is 37.9 Å². The molecule has 2 heterocycles. The van der Waals surface area contributed by atoms with Gasteiger partial charge in [0.15, 0.2) is 0 Å². The summed E-state index contributed by atoms with van der Waals surface area (Å²) < 4.78 is 17.6. The Morgan fingerprint density at radius 3 is 2.13 bits per heavy atom. The Morgan fingerprint density at radius 1 is 1.10 bits per heavy atom. The van der Waals surface area contributed by atoms with Crippen molar-refractivity contribution in [3.8, 4) is 0 Å². The molecule has 6 nitrogen and oxygen atoms in total. The van der Waals surface area contributed by atoms with E-state index >= 15 is 0 Å². The highest BCUT2D eigenvalue weighted by atomic mass is 16.7. The third-order valence-corrected chi connectivity index (χ3v) is 6.22. The molecule has 7 heteroatoms. The van der Waals surface area contributed by atoms with E-state index in [4.69, 9.17) is 14.0 Å². The first kappa shape index (κ1) is 23.1. The van der Waals surface area contributed by atoms with Gasteiger partial charge in [-0.05, 0) is 72.3 Å². The van der Waals surface area contributed by atoms with Gasteiger partial charge in [0.25, 0.3) is 0 Å². The number of ether oxygens (including phenoxy) is 1. The van der Waals surface area contributed by atoms with Crippen LogP contribution in [0.2, 0.25) is 0 Å². The predicted octanol–water partition coefficient (Wildman–Crippen LogP) is 3.47. The monoisotopic (exact) mass is 416 g/mol. The second-order valence-electron chi connectivity index (χ2n) is 10.5. The molecule has 0 unspecified atom stereocenters. The molecular weight excluding hydrogens is 379 g/mol. The highest BCUT2D eigenvalue weighted by Crippen LogP contribution is 2.36. The zero-order valence-corrected chi connectivity index (χ0v) is 19.6. The van der Waals surface area contributed by atoms with Crippen molar-refractivity contribution in [2.45, 2.75) is 90.7 Å². The summed E-state index contributed by atoms with van der Waals surface area (Å²) in [6, 6.07) is 8.71. The Hall–Kier alpha value is -1.57. The lowest BCUT2D eigenvalue weighted by Crippen LogP contribution is -2.45. The lowest BCUT2D eigenvalue weighted by Gasteiger charge is -2.32. The fraction of sp³-hybridized carbons (Fsp3) is 0.696. The summed E-state index contributed by atoms with van der Waals surface area (Å²) in [6.07, 6.45) is 1.55. The third kappa shape index (κ3) is 5.77. The first-order chi connectivity index (χ1) is 13.8. The molecule has 166 valence electrons. The van der Waals surface area contributed by atoms with Gasteiger partial charge in [0.1, 0.15) is 5.60 Å². The molecule has 30 heavy (non-hydrogen) atoms. The highest BCUT2D eigenvalue weighted by Gasteiger charge is 2.51. The normalized spacial score (nSPS) is 22.2. The average Bonchev–Trinajstić information content (AvgIpc) is 2.83. The Labute approximate surface area is 181 Å². The molecule has 1 N–H and O–H groups in total. The number of nitrogens with one attached hydrogen (secondary N) is 1. The lowest BCUT2D eigenvalue weighted by atomic mass is 9.79.